The molecule has 0 fully saturated rings. The summed E-state index contributed by atoms with van der Waals surface area (Å²) in [5.74, 6) is 0.312. The van der Waals surface area contributed by atoms with Gasteiger partial charge in [0.25, 0.3) is 0 Å². The van der Waals surface area contributed by atoms with Gasteiger partial charge in [0.05, 0.1) is 6.61 Å². The van der Waals surface area contributed by atoms with Crippen molar-refractivity contribution in [3.8, 4) is 5.75 Å². The number of benzene rings is 1. The zero-order valence-electron chi connectivity index (χ0n) is 12.6. The highest BCUT2D eigenvalue weighted by Gasteiger charge is 2.08. The monoisotopic (exact) mass is 278 g/mol. The smallest absolute Gasteiger partial charge is 0.150 e. The molecular weight excluding hydrogens is 252 g/mol. The lowest BCUT2D eigenvalue weighted by Crippen LogP contribution is -2.06. The molecule has 112 valence electrons. The quantitative estimate of drug-likeness (QED) is 0.513. The van der Waals surface area contributed by atoms with Gasteiger partial charge in [0.1, 0.15) is 12.0 Å². The maximum atomic E-state index is 10.8. The van der Waals surface area contributed by atoms with Gasteiger partial charge < -0.3 is 9.84 Å². The molecule has 0 aliphatic carbocycles. The van der Waals surface area contributed by atoms with E-state index in [2.05, 4.69) is 6.92 Å². The molecule has 0 heterocycles. The molecule has 0 aliphatic rings. The van der Waals surface area contributed by atoms with Gasteiger partial charge in [-0.3, -0.25) is 4.79 Å². The normalized spacial score (nSPS) is 12.3. The molecule has 1 rings (SSSR count). The maximum Gasteiger partial charge on any atom is 0.150 e. The summed E-state index contributed by atoms with van der Waals surface area (Å²) >= 11 is 0. The number of rotatable bonds is 10. The number of phenols is 1. The molecule has 1 atom stereocenters. The molecule has 0 radical (unpaired) electrons. The predicted octanol–water partition coefficient (Wildman–Crippen LogP) is 4.30. The van der Waals surface area contributed by atoms with Gasteiger partial charge in [-0.25, -0.2) is 0 Å². The van der Waals surface area contributed by atoms with Gasteiger partial charge in [0, 0.05) is 18.1 Å². The molecule has 20 heavy (non-hydrogen) atoms. The van der Waals surface area contributed by atoms with Crippen molar-refractivity contribution in [3.05, 3.63) is 29.3 Å². The van der Waals surface area contributed by atoms with E-state index in [0.717, 1.165) is 24.9 Å². The summed E-state index contributed by atoms with van der Waals surface area (Å²) in [6, 6.07) is 4.97. The summed E-state index contributed by atoms with van der Waals surface area (Å²) in [7, 11) is 0. The van der Waals surface area contributed by atoms with E-state index in [0.29, 0.717) is 12.2 Å². The minimum absolute atomic E-state index is 0.135. The van der Waals surface area contributed by atoms with Crippen molar-refractivity contribution < 1.29 is 14.6 Å². The van der Waals surface area contributed by atoms with Crippen molar-refractivity contribution >= 4 is 6.29 Å². The van der Waals surface area contributed by atoms with Gasteiger partial charge in [-0.15, -0.1) is 0 Å². The Morgan fingerprint density at radius 1 is 1.20 bits per heavy atom. The van der Waals surface area contributed by atoms with Crippen molar-refractivity contribution in [2.45, 2.75) is 51.9 Å². The van der Waals surface area contributed by atoms with Gasteiger partial charge in [0.15, 0.2) is 0 Å². The van der Waals surface area contributed by atoms with E-state index in [9.17, 15) is 9.90 Å². The van der Waals surface area contributed by atoms with Crippen molar-refractivity contribution in [1.29, 1.82) is 0 Å². The predicted molar refractivity (Wildman–Crippen MR) is 81.5 cm³/mol. The second-order valence-corrected chi connectivity index (χ2v) is 5.37. The van der Waals surface area contributed by atoms with E-state index in [1.807, 2.05) is 13.0 Å². The van der Waals surface area contributed by atoms with Crippen LogP contribution in [0.25, 0.3) is 0 Å². The second kappa shape index (κ2) is 9.54. The van der Waals surface area contributed by atoms with Crippen LogP contribution in [0.2, 0.25) is 0 Å². The number of unbranched alkanes of at least 4 members (excludes halogenated alkanes) is 4. The van der Waals surface area contributed by atoms with Crippen LogP contribution < -0.4 is 0 Å². The van der Waals surface area contributed by atoms with Crippen LogP contribution in [-0.4, -0.2) is 24.6 Å². The van der Waals surface area contributed by atoms with E-state index in [1.54, 1.807) is 6.07 Å². The largest absolute Gasteiger partial charge is 0.508 e. The van der Waals surface area contributed by atoms with Gasteiger partial charge in [-0.2, -0.15) is 0 Å². The molecular formula is C17H26O3. The van der Waals surface area contributed by atoms with Crippen molar-refractivity contribution in [2.75, 3.05) is 13.2 Å². The fourth-order valence-corrected chi connectivity index (χ4v) is 2.18. The van der Waals surface area contributed by atoms with Crippen LogP contribution in [0.5, 0.6) is 5.75 Å². The minimum Gasteiger partial charge on any atom is -0.508 e. The molecule has 0 bridgehead atoms. The van der Waals surface area contributed by atoms with Gasteiger partial charge >= 0.3 is 0 Å². The highest BCUT2D eigenvalue weighted by Crippen LogP contribution is 2.22. The third-order valence-electron chi connectivity index (χ3n) is 3.43. The van der Waals surface area contributed by atoms with Crippen LogP contribution in [0.1, 0.15) is 67.8 Å². The molecule has 1 N–H and O–H groups in total. The van der Waals surface area contributed by atoms with Crippen LogP contribution in [0.15, 0.2) is 18.2 Å². The SMILES string of the molecule is CCCCCCCOCC(C)c1cc(O)cc(C=O)c1. The minimum atomic E-state index is 0.135. The molecule has 1 aromatic rings. The summed E-state index contributed by atoms with van der Waals surface area (Å²) in [5.41, 5.74) is 1.45. The number of carbonyl (C=O) groups is 1. The Kier molecular flexibility index (Phi) is 7.97. The fourth-order valence-electron chi connectivity index (χ4n) is 2.18. The van der Waals surface area contributed by atoms with Crippen molar-refractivity contribution in [3.63, 3.8) is 0 Å². The Morgan fingerprint density at radius 2 is 1.95 bits per heavy atom. The van der Waals surface area contributed by atoms with E-state index in [4.69, 9.17) is 4.74 Å². The number of aldehydes is 1. The first-order valence-corrected chi connectivity index (χ1v) is 7.54. The third-order valence-corrected chi connectivity index (χ3v) is 3.43. The molecule has 0 aliphatic heterocycles. The number of aromatic hydroxyl groups is 1. The number of hydrogen-bond acceptors (Lipinski definition) is 3. The summed E-state index contributed by atoms with van der Waals surface area (Å²) in [4.78, 5) is 10.8. The Labute approximate surface area is 122 Å². The highest BCUT2D eigenvalue weighted by atomic mass is 16.5. The van der Waals surface area contributed by atoms with Crippen LogP contribution in [0.4, 0.5) is 0 Å². The molecule has 1 aromatic carbocycles. The summed E-state index contributed by atoms with van der Waals surface area (Å²) < 4.78 is 5.67. The lowest BCUT2D eigenvalue weighted by molar-refractivity contribution is 0.112. The molecule has 1 unspecified atom stereocenters. The first kappa shape index (κ1) is 16.7. The summed E-state index contributed by atoms with van der Waals surface area (Å²) in [6.45, 7) is 5.66. The molecule has 0 saturated heterocycles. The molecule has 0 amide bonds. The van der Waals surface area contributed by atoms with Crippen LogP contribution in [0, 0.1) is 0 Å². The maximum absolute atomic E-state index is 10.8. The van der Waals surface area contributed by atoms with Crippen LogP contribution in [-0.2, 0) is 4.74 Å². The Morgan fingerprint density at radius 3 is 2.65 bits per heavy atom. The van der Waals surface area contributed by atoms with Crippen molar-refractivity contribution in [2.24, 2.45) is 0 Å². The van der Waals surface area contributed by atoms with Crippen molar-refractivity contribution in [1.82, 2.24) is 0 Å². The Bertz CT molecular complexity index is 401. The first-order chi connectivity index (χ1) is 9.67. The number of hydrogen-bond donors (Lipinski definition) is 1. The van der Waals surface area contributed by atoms with E-state index in [1.165, 1.54) is 31.7 Å². The average Bonchev–Trinajstić information content (AvgIpc) is 2.45. The molecule has 3 nitrogen and oxygen atoms in total. The molecule has 3 heteroatoms. The molecule has 0 saturated carbocycles. The zero-order chi connectivity index (χ0) is 14.8. The molecule has 0 aromatic heterocycles. The first-order valence-electron chi connectivity index (χ1n) is 7.54. The third kappa shape index (κ3) is 6.20. The lowest BCUT2D eigenvalue weighted by Gasteiger charge is -2.13. The van der Waals surface area contributed by atoms with Crippen LogP contribution in [0.3, 0.4) is 0 Å². The van der Waals surface area contributed by atoms with Crippen LogP contribution >= 0.6 is 0 Å². The van der Waals surface area contributed by atoms with Gasteiger partial charge in [-0.1, -0.05) is 39.5 Å². The fraction of sp³-hybridized carbons (Fsp3) is 0.588. The lowest BCUT2D eigenvalue weighted by atomic mass is 9.99. The Hall–Kier alpha value is -1.35. The molecule has 0 spiro atoms. The van der Waals surface area contributed by atoms with E-state index >= 15 is 0 Å². The summed E-state index contributed by atoms with van der Waals surface area (Å²) in [6.07, 6.45) is 6.92. The standard InChI is InChI=1S/C17H26O3/c1-3-4-5-6-7-8-20-13-14(2)16-9-15(12-18)10-17(19)11-16/h9-12,14,19H,3-8,13H2,1-2H3. The van der Waals surface area contributed by atoms with Gasteiger partial charge in [0.2, 0.25) is 0 Å². The Balaban J connectivity index is 2.30. The number of ether oxygens (including phenoxy) is 1. The second-order valence-electron chi connectivity index (χ2n) is 5.37. The zero-order valence-corrected chi connectivity index (χ0v) is 12.6. The van der Waals surface area contributed by atoms with E-state index < -0.39 is 0 Å². The van der Waals surface area contributed by atoms with E-state index in [-0.39, 0.29) is 11.7 Å². The average molecular weight is 278 g/mol. The van der Waals surface area contributed by atoms with Gasteiger partial charge in [-0.05, 0) is 30.2 Å². The number of carbonyl (C=O) groups excluding carboxylic acids is 1. The number of phenolic OH excluding ortho intramolecular Hbond substituents is 1. The topological polar surface area (TPSA) is 46.5 Å². The highest BCUT2D eigenvalue weighted by molar-refractivity contribution is 5.76. The summed E-state index contributed by atoms with van der Waals surface area (Å²) in [5, 5.41) is 9.57.